The normalized spacial score (nSPS) is 30.0. The monoisotopic (exact) mass is 452 g/mol. The van der Waals surface area contributed by atoms with Gasteiger partial charge in [-0.05, 0) is 46.8 Å². The van der Waals surface area contributed by atoms with Crippen LogP contribution in [0.15, 0.2) is 0 Å². The minimum Gasteiger partial charge on any atom is -0.345 e. The Bertz CT molecular complexity index is 559. The molecule has 1 aliphatic carbocycles. The van der Waals surface area contributed by atoms with Crippen LogP contribution in [0.3, 0.4) is 0 Å². The average Bonchev–Trinajstić information content (AvgIpc) is 2.73. The Balaban J connectivity index is 2.75. The molecule has 2 radical (unpaired) electrons. The summed E-state index contributed by atoms with van der Waals surface area (Å²) in [6.07, 6.45) is 2.66. The van der Waals surface area contributed by atoms with Crippen molar-refractivity contribution in [3.63, 3.8) is 0 Å². The van der Waals surface area contributed by atoms with E-state index in [1.54, 1.807) is 6.92 Å². The van der Waals surface area contributed by atoms with Crippen molar-refractivity contribution in [2.75, 3.05) is 18.3 Å². The fourth-order valence-electron chi connectivity index (χ4n) is 2.81. The molecule has 13 heteroatoms. The summed E-state index contributed by atoms with van der Waals surface area (Å²) < 4.78 is 23.6. The second kappa shape index (κ2) is 9.79. The molecule has 0 aromatic rings. The minimum absolute atomic E-state index is 0.112. The van der Waals surface area contributed by atoms with Crippen molar-refractivity contribution in [2.45, 2.75) is 38.9 Å². The van der Waals surface area contributed by atoms with Gasteiger partial charge in [0.05, 0.1) is 20.4 Å². The second-order valence-corrected chi connectivity index (χ2v) is 17.8. The average molecular weight is 452 g/mol. The van der Waals surface area contributed by atoms with E-state index in [4.69, 9.17) is 28.5 Å². The van der Waals surface area contributed by atoms with E-state index in [-0.39, 0.29) is 18.3 Å². The third-order valence-corrected chi connectivity index (χ3v) is 14.8. The highest BCUT2D eigenvalue weighted by atomic mass is 32.7. The van der Waals surface area contributed by atoms with Crippen LogP contribution in [0.5, 0.6) is 0 Å². The van der Waals surface area contributed by atoms with Gasteiger partial charge in [0.15, 0.2) is 6.49 Å². The highest BCUT2D eigenvalue weighted by molar-refractivity contribution is 8.55. The quantitative estimate of drug-likeness (QED) is 0.338. The van der Waals surface area contributed by atoms with Crippen LogP contribution in [0.4, 0.5) is 0 Å². The Labute approximate surface area is 159 Å². The lowest BCUT2D eigenvalue weighted by Gasteiger charge is -2.26. The van der Waals surface area contributed by atoms with Crippen LogP contribution in [0.25, 0.3) is 0 Å². The van der Waals surface area contributed by atoms with Crippen molar-refractivity contribution in [2.24, 2.45) is 11.8 Å². The molecule has 0 bridgehead atoms. The highest BCUT2D eigenvalue weighted by Gasteiger charge is 2.38. The van der Waals surface area contributed by atoms with Gasteiger partial charge < -0.3 is 19.2 Å². The van der Waals surface area contributed by atoms with Gasteiger partial charge in [0.25, 0.3) is 0 Å². The molecule has 2 unspecified atom stereocenters. The zero-order chi connectivity index (χ0) is 18.6. The number of hydrogen-bond donors (Lipinski definition) is 3. The van der Waals surface area contributed by atoms with Crippen LogP contribution in [-0.4, -0.2) is 40.8 Å². The number of hydrogen-bond acceptors (Lipinski definition) is 6. The summed E-state index contributed by atoms with van der Waals surface area (Å²) in [5.41, 5.74) is 0. The van der Waals surface area contributed by atoms with Gasteiger partial charge in [-0.2, -0.15) is 0 Å². The predicted octanol–water partition coefficient (Wildman–Crippen LogP) is 3.83. The topological polar surface area (TPSA) is 96.2 Å². The minimum atomic E-state index is -3.75. The Morgan fingerprint density at radius 2 is 1.79 bits per heavy atom. The summed E-state index contributed by atoms with van der Waals surface area (Å²) in [7, 11) is 5.98. The van der Waals surface area contributed by atoms with Crippen molar-refractivity contribution >= 4 is 62.6 Å². The van der Waals surface area contributed by atoms with Crippen LogP contribution >= 0.6 is 31.2 Å². The van der Waals surface area contributed by atoms with Crippen LogP contribution in [0.1, 0.15) is 33.1 Å². The van der Waals surface area contributed by atoms with E-state index in [0.717, 1.165) is 30.6 Å². The summed E-state index contributed by atoms with van der Waals surface area (Å²) >= 11 is 10.3. The van der Waals surface area contributed by atoms with Crippen LogP contribution < -0.4 is 0 Å². The van der Waals surface area contributed by atoms with E-state index in [1.807, 2.05) is 0 Å². The molecule has 0 saturated heterocycles. The summed E-state index contributed by atoms with van der Waals surface area (Å²) in [6, 6.07) is 0. The molecule has 1 saturated carbocycles. The molecule has 5 atom stereocenters. The van der Waals surface area contributed by atoms with Gasteiger partial charge in [0.2, 0.25) is 6.49 Å². The maximum absolute atomic E-state index is 12.9. The molecule has 1 aliphatic rings. The SMILES string of the molecule is [B][C@H]1C[C@@H](CC)[C@@H](COP(=O)(OP(O)(=S)CP(O)(O)=S)SCC)C1. The summed E-state index contributed by atoms with van der Waals surface area (Å²) in [5.74, 6) is 0.463. The summed E-state index contributed by atoms with van der Waals surface area (Å²) in [5, 5.41) is 0. The summed E-state index contributed by atoms with van der Waals surface area (Å²) in [4.78, 5) is 28.8. The fraction of sp³-hybridized carbons (Fsp3) is 1.00. The first kappa shape index (κ1) is 23.8. The van der Waals surface area contributed by atoms with Gasteiger partial charge in [-0.25, -0.2) is 8.88 Å². The Morgan fingerprint density at radius 1 is 1.21 bits per heavy atom. The third-order valence-electron chi connectivity index (χ3n) is 3.73. The molecule has 0 heterocycles. The van der Waals surface area contributed by atoms with Crippen LogP contribution in [0.2, 0.25) is 5.82 Å². The van der Waals surface area contributed by atoms with Crippen molar-refractivity contribution in [3.05, 3.63) is 0 Å². The molecule has 1 rings (SSSR count). The molecule has 24 heavy (non-hydrogen) atoms. The van der Waals surface area contributed by atoms with E-state index in [0.29, 0.717) is 11.7 Å². The molecule has 0 aromatic carbocycles. The predicted molar refractivity (Wildman–Crippen MR) is 109 cm³/mol. The molecule has 0 aromatic heterocycles. The van der Waals surface area contributed by atoms with Crippen molar-refractivity contribution in [1.29, 1.82) is 0 Å². The lowest BCUT2D eigenvalue weighted by Crippen LogP contribution is -2.13. The summed E-state index contributed by atoms with van der Waals surface area (Å²) in [6.45, 7) is -7.13. The molecular formula is C11H24BO6P3S3. The van der Waals surface area contributed by atoms with E-state index >= 15 is 0 Å². The maximum atomic E-state index is 12.9. The van der Waals surface area contributed by atoms with E-state index < -0.39 is 25.7 Å². The van der Waals surface area contributed by atoms with Gasteiger partial charge in [-0.3, -0.25) is 0 Å². The fourth-order valence-corrected chi connectivity index (χ4v) is 15.2. The standard InChI is InChI=1S/C11H24BO6P3S3/c1-3-9-5-11(12)6-10(9)7-17-21(16,24-4-2)18-20(15,23)8-19(13,14)22/h9-11H,3-8H2,1-2H3,(H,15,23)(H2,13,14,22)/t9-,10-,11+,20?,21?/m1/s1. The lowest BCUT2D eigenvalue weighted by atomic mass is 9.85. The number of rotatable bonds is 10. The van der Waals surface area contributed by atoms with Gasteiger partial charge in [0.1, 0.15) is 0 Å². The lowest BCUT2D eigenvalue weighted by molar-refractivity contribution is 0.199. The molecular weight excluding hydrogens is 428 g/mol. The Hall–Kier alpha value is 1.74. The zero-order valence-electron chi connectivity index (χ0n) is 13.7. The van der Waals surface area contributed by atoms with Crippen LogP contribution in [-0.2, 0) is 37.0 Å². The van der Waals surface area contributed by atoms with Gasteiger partial charge in [-0.15, -0.1) is 0 Å². The molecule has 3 N–H and O–H groups in total. The zero-order valence-corrected chi connectivity index (χ0v) is 18.8. The van der Waals surface area contributed by atoms with Crippen LogP contribution in [0, 0.1) is 11.8 Å². The van der Waals surface area contributed by atoms with Crippen molar-refractivity contribution in [3.8, 4) is 0 Å². The van der Waals surface area contributed by atoms with Crippen molar-refractivity contribution in [1.82, 2.24) is 0 Å². The molecule has 140 valence electrons. The maximum Gasteiger partial charge on any atom is 0.394 e. The molecule has 1 fully saturated rings. The third kappa shape index (κ3) is 8.62. The Kier molecular flexibility index (Phi) is 9.70. The van der Waals surface area contributed by atoms with Gasteiger partial charge in [-0.1, -0.05) is 38.9 Å². The second-order valence-electron chi connectivity index (χ2n) is 5.85. The first-order valence-electron chi connectivity index (χ1n) is 7.62. The first-order valence-corrected chi connectivity index (χ1v) is 16.5. The molecule has 0 aliphatic heterocycles. The van der Waals surface area contributed by atoms with Crippen molar-refractivity contribution < 1.29 is 28.1 Å². The largest absolute Gasteiger partial charge is 0.394 e. The highest BCUT2D eigenvalue weighted by Crippen LogP contribution is 2.72. The van der Waals surface area contributed by atoms with Gasteiger partial charge >= 0.3 is 6.80 Å². The molecule has 0 amide bonds. The van der Waals surface area contributed by atoms with Gasteiger partial charge in [0, 0.05) is 5.75 Å². The van der Waals surface area contributed by atoms with E-state index in [2.05, 4.69) is 18.7 Å². The molecule has 6 nitrogen and oxygen atoms in total. The smallest absolute Gasteiger partial charge is 0.345 e. The molecule has 0 spiro atoms. The van der Waals surface area contributed by atoms with E-state index in [9.17, 15) is 19.2 Å². The Morgan fingerprint density at radius 3 is 2.29 bits per heavy atom. The van der Waals surface area contributed by atoms with E-state index in [1.165, 1.54) is 0 Å². The first-order chi connectivity index (χ1) is 10.9.